The minimum atomic E-state index is -0.629. The van der Waals surface area contributed by atoms with Gasteiger partial charge in [0.25, 0.3) is 0 Å². The van der Waals surface area contributed by atoms with Crippen molar-refractivity contribution in [1.82, 2.24) is 10.1 Å². The minimum Gasteiger partial charge on any atom is -0.339 e. The van der Waals surface area contributed by atoms with Crippen molar-refractivity contribution in [2.24, 2.45) is 0 Å². The maximum absolute atomic E-state index is 13.4. The van der Waals surface area contributed by atoms with E-state index in [1.165, 1.54) is 12.1 Å². The van der Waals surface area contributed by atoms with Crippen LogP contribution in [0.15, 0.2) is 22.7 Å². The van der Waals surface area contributed by atoms with E-state index in [1.807, 2.05) is 6.07 Å². The Hall–Kier alpha value is -2.29. The predicted molar refractivity (Wildman–Crippen MR) is 62.0 cm³/mol. The average Bonchev–Trinajstić information content (AvgIpc) is 2.81. The molecule has 0 aliphatic heterocycles. The summed E-state index contributed by atoms with van der Waals surface area (Å²) in [6, 6.07) is 5.39. The number of nitrogens with zero attached hydrogens (tertiary/aromatic N) is 3. The van der Waals surface area contributed by atoms with E-state index in [0.717, 1.165) is 6.07 Å². The van der Waals surface area contributed by atoms with Crippen molar-refractivity contribution in [2.75, 3.05) is 0 Å². The number of rotatable bonds is 5. The smallest absolute Gasteiger partial charge is 0.226 e. The summed E-state index contributed by atoms with van der Waals surface area (Å²) in [6.07, 6.45) is 1.73. The van der Waals surface area contributed by atoms with Gasteiger partial charge in [0.2, 0.25) is 5.89 Å². The third-order valence-electron chi connectivity index (χ3n) is 2.55. The van der Waals surface area contributed by atoms with Crippen LogP contribution >= 0.6 is 0 Å². The van der Waals surface area contributed by atoms with Crippen LogP contribution in [0.5, 0.6) is 0 Å². The lowest BCUT2D eigenvalue weighted by molar-refractivity contribution is 0.371. The summed E-state index contributed by atoms with van der Waals surface area (Å²) in [5.41, 5.74) is 0.311. The van der Waals surface area contributed by atoms with Crippen LogP contribution in [0.25, 0.3) is 0 Å². The number of aromatic nitrogens is 2. The zero-order valence-electron chi connectivity index (χ0n) is 10.1. The van der Waals surface area contributed by atoms with Crippen LogP contribution in [0.1, 0.15) is 30.1 Å². The Morgan fingerprint density at radius 1 is 1.32 bits per heavy atom. The van der Waals surface area contributed by atoms with Gasteiger partial charge in [-0.3, -0.25) is 0 Å². The molecular formula is C13H11F2N3O. The molecule has 2 aromatic rings. The van der Waals surface area contributed by atoms with Crippen molar-refractivity contribution in [2.45, 2.75) is 25.7 Å². The molecule has 19 heavy (non-hydrogen) atoms. The summed E-state index contributed by atoms with van der Waals surface area (Å²) >= 11 is 0. The van der Waals surface area contributed by atoms with Gasteiger partial charge in [0.05, 0.1) is 6.07 Å². The zero-order chi connectivity index (χ0) is 13.7. The predicted octanol–water partition coefficient (Wildman–Crippen LogP) is 2.78. The molecular weight excluding hydrogens is 252 g/mol. The highest BCUT2D eigenvalue weighted by Crippen LogP contribution is 2.13. The van der Waals surface area contributed by atoms with Crippen molar-refractivity contribution >= 4 is 0 Å². The van der Waals surface area contributed by atoms with Gasteiger partial charge < -0.3 is 4.52 Å². The second-order valence-electron chi connectivity index (χ2n) is 4.03. The van der Waals surface area contributed by atoms with Crippen LogP contribution in [0.2, 0.25) is 0 Å². The van der Waals surface area contributed by atoms with Gasteiger partial charge in [-0.25, -0.2) is 8.78 Å². The summed E-state index contributed by atoms with van der Waals surface area (Å²) in [5.74, 6) is -0.479. The molecule has 0 bridgehead atoms. The molecule has 0 amide bonds. The van der Waals surface area contributed by atoms with Crippen LogP contribution < -0.4 is 0 Å². The molecule has 6 heteroatoms. The van der Waals surface area contributed by atoms with Crippen LogP contribution in [0.3, 0.4) is 0 Å². The molecule has 0 saturated heterocycles. The lowest BCUT2D eigenvalue weighted by Gasteiger charge is -1.98. The van der Waals surface area contributed by atoms with Crippen molar-refractivity contribution in [3.63, 3.8) is 0 Å². The Morgan fingerprint density at radius 2 is 2.16 bits per heavy atom. The largest absolute Gasteiger partial charge is 0.339 e. The fourth-order valence-corrected chi connectivity index (χ4v) is 1.62. The fraction of sp³-hybridized carbons (Fsp3) is 0.308. The molecule has 0 fully saturated rings. The zero-order valence-corrected chi connectivity index (χ0v) is 10.1. The molecule has 98 valence electrons. The highest BCUT2D eigenvalue weighted by Gasteiger charge is 2.10. The topological polar surface area (TPSA) is 62.7 Å². The molecule has 0 N–H and O–H groups in total. The van der Waals surface area contributed by atoms with Crippen molar-refractivity contribution in [3.8, 4) is 6.07 Å². The van der Waals surface area contributed by atoms with E-state index in [-0.39, 0.29) is 6.42 Å². The van der Waals surface area contributed by atoms with Gasteiger partial charge in [0, 0.05) is 25.3 Å². The number of halogens is 2. The van der Waals surface area contributed by atoms with Gasteiger partial charge in [-0.2, -0.15) is 10.2 Å². The molecule has 0 spiro atoms. The summed E-state index contributed by atoms with van der Waals surface area (Å²) < 4.78 is 31.2. The van der Waals surface area contributed by atoms with Gasteiger partial charge in [-0.05, 0) is 18.1 Å². The fourth-order valence-electron chi connectivity index (χ4n) is 1.62. The first-order valence-electron chi connectivity index (χ1n) is 5.81. The quantitative estimate of drug-likeness (QED) is 0.778. The summed E-state index contributed by atoms with van der Waals surface area (Å²) in [7, 11) is 0. The first-order chi connectivity index (χ1) is 9.19. The molecule has 0 radical (unpaired) electrons. The van der Waals surface area contributed by atoms with Gasteiger partial charge >= 0.3 is 0 Å². The Kier molecular flexibility index (Phi) is 4.18. The van der Waals surface area contributed by atoms with Crippen molar-refractivity contribution in [3.05, 3.63) is 47.1 Å². The SMILES string of the molecule is N#CCCCc1nc(Cc2ccc(F)cc2F)no1. The highest BCUT2D eigenvalue weighted by molar-refractivity contribution is 5.21. The number of nitriles is 1. The Labute approximate surface area is 108 Å². The lowest BCUT2D eigenvalue weighted by Crippen LogP contribution is -1.96. The number of hydrogen-bond acceptors (Lipinski definition) is 4. The number of aryl methyl sites for hydroxylation is 1. The minimum absolute atomic E-state index is 0.147. The molecule has 0 aliphatic rings. The molecule has 4 nitrogen and oxygen atoms in total. The highest BCUT2D eigenvalue weighted by atomic mass is 19.1. The van der Waals surface area contributed by atoms with Gasteiger partial charge in [-0.1, -0.05) is 11.2 Å². The van der Waals surface area contributed by atoms with Crippen molar-refractivity contribution in [1.29, 1.82) is 5.26 Å². The van der Waals surface area contributed by atoms with E-state index < -0.39 is 11.6 Å². The normalized spacial score (nSPS) is 10.4. The summed E-state index contributed by atoms with van der Waals surface area (Å²) in [5, 5.41) is 12.1. The van der Waals surface area contributed by atoms with Crippen LogP contribution in [0.4, 0.5) is 8.78 Å². The maximum atomic E-state index is 13.4. The molecule has 0 atom stereocenters. The number of benzene rings is 1. The lowest BCUT2D eigenvalue weighted by atomic mass is 10.1. The van der Waals surface area contributed by atoms with E-state index >= 15 is 0 Å². The number of unbranched alkanes of at least 4 members (excludes halogenated alkanes) is 1. The van der Waals surface area contributed by atoms with E-state index in [9.17, 15) is 8.78 Å². The summed E-state index contributed by atoms with van der Waals surface area (Å²) in [6.45, 7) is 0. The molecule has 2 rings (SSSR count). The van der Waals surface area contributed by atoms with Crippen LogP contribution in [-0.2, 0) is 12.8 Å². The Bertz CT molecular complexity index is 604. The first kappa shape index (κ1) is 13.1. The standard InChI is InChI=1S/C13H11F2N3O/c14-10-5-4-9(11(15)8-10)7-12-17-13(19-18-12)3-1-2-6-16/h4-5,8H,1-3,7H2. The Morgan fingerprint density at radius 3 is 2.89 bits per heavy atom. The van der Waals surface area contributed by atoms with Crippen LogP contribution in [-0.4, -0.2) is 10.1 Å². The third kappa shape index (κ3) is 3.58. The molecule has 0 aliphatic carbocycles. The van der Waals surface area contributed by atoms with Crippen LogP contribution in [0, 0.1) is 23.0 Å². The van der Waals surface area contributed by atoms with E-state index in [2.05, 4.69) is 10.1 Å². The maximum Gasteiger partial charge on any atom is 0.226 e. The molecule has 1 aromatic heterocycles. The van der Waals surface area contributed by atoms with Gasteiger partial charge in [-0.15, -0.1) is 0 Å². The second-order valence-corrected chi connectivity index (χ2v) is 4.03. The monoisotopic (exact) mass is 263 g/mol. The Balaban J connectivity index is 2.01. The van der Waals surface area contributed by atoms with E-state index in [4.69, 9.17) is 9.78 Å². The average molecular weight is 263 g/mol. The second kappa shape index (κ2) is 6.05. The molecule has 1 heterocycles. The molecule has 0 saturated carbocycles. The molecule has 1 aromatic carbocycles. The van der Waals surface area contributed by atoms with E-state index in [0.29, 0.717) is 36.5 Å². The van der Waals surface area contributed by atoms with Crippen molar-refractivity contribution < 1.29 is 13.3 Å². The first-order valence-corrected chi connectivity index (χ1v) is 5.81. The molecule has 0 unspecified atom stereocenters. The third-order valence-corrected chi connectivity index (χ3v) is 2.55. The van der Waals surface area contributed by atoms with Gasteiger partial charge in [0.15, 0.2) is 5.82 Å². The van der Waals surface area contributed by atoms with E-state index in [1.54, 1.807) is 0 Å². The van der Waals surface area contributed by atoms with Gasteiger partial charge in [0.1, 0.15) is 11.6 Å². The number of hydrogen-bond donors (Lipinski definition) is 0. The summed E-state index contributed by atoms with van der Waals surface area (Å²) in [4.78, 5) is 4.09.